The summed E-state index contributed by atoms with van der Waals surface area (Å²) in [6, 6.07) is 0. The number of ketones is 1. The molecule has 0 aliphatic heterocycles. The quantitative estimate of drug-likeness (QED) is 0.551. The van der Waals surface area contributed by atoms with Crippen LogP contribution in [0.25, 0.3) is 0 Å². The molecule has 13 heavy (non-hydrogen) atoms. The van der Waals surface area contributed by atoms with Gasteiger partial charge in [0.15, 0.2) is 0 Å². The van der Waals surface area contributed by atoms with Gasteiger partial charge in [-0.1, -0.05) is 24.3 Å². The van der Waals surface area contributed by atoms with Crippen LogP contribution in [-0.2, 0) is 4.79 Å². The minimum absolute atomic E-state index is 0.249. The van der Waals surface area contributed by atoms with Gasteiger partial charge in [-0.25, -0.2) is 0 Å². The Kier molecular flexibility index (Phi) is 1.49. The summed E-state index contributed by atoms with van der Waals surface area (Å²) < 4.78 is 0. The van der Waals surface area contributed by atoms with E-state index >= 15 is 0 Å². The number of allylic oxidation sites excluding steroid dienone is 4. The van der Waals surface area contributed by atoms with Crippen LogP contribution in [0, 0.1) is 23.7 Å². The number of carbonyl (C=O) groups excluding carboxylic acids is 1. The molecule has 0 radical (unpaired) electrons. The lowest BCUT2D eigenvalue weighted by atomic mass is 9.73. The van der Waals surface area contributed by atoms with Crippen molar-refractivity contribution in [1.29, 1.82) is 0 Å². The molecule has 4 bridgehead atoms. The molecule has 1 nitrogen and oxygen atoms in total. The summed E-state index contributed by atoms with van der Waals surface area (Å²) in [6.45, 7) is 0. The summed E-state index contributed by atoms with van der Waals surface area (Å²) in [5.74, 6) is 2.33. The zero-order valence-corrected chi connectivity index (χ0v) is 7.65. The highest BCUT2D eigenvalue weighted by Crippen LogP contribution is 2.48. The Balaban J connectivity index is 2.06. The highest BCUT2D eigenvalue weighted by atomic mass is 16.1. The summed E-state index contributed by atoms with van der Waals surface area (Å²) in [7, 11) is 0. The Labute approximate surface area is 78.5 Å². The van der Waals surface area contributed by atoms with E-state index < -0.39 is 0 Å². The van der Waals surface area contributed by atoms with Crippen molar-refractivity contribution >= 4 is 5.78 Å². The Bertz CT molecular complexity index is 272. The van der Waals surface area contributed by atoms with E-state index in [1.54, 1.807) is 0 Å². The Morgan fingerprint density at radius 1 is 1.00 bits per heavy atom. The van der Waals surface area contributed by atoms with Gasteiger partial charge in [-0.3, -0.25) is 4.79 Å². The maximum atomic E-state index is 12.0. The van der Waals surface area contributed by atoms with Gasteiger partial charge in [0.1, 0.15) is 5.78 Å². The van der Waals surface area contributed by atoms with Crippen molar-refractivity contribution in [3.8, 4) is 0 Å². The smallest absolute Gasteiger partial charge is 0.147 e. The van der Waals surface area contributed by atoms with Gasteiger partial charge in [-0.15, -0.1) is 0 Å². The summed E-state index contributed by atoms with van der Waals surface area (Å²) >= 11 is 0. The van der Waals surface area contributed by atoms with E-state index in [1.165, 1.54) is 19.3 Å². The fourth-order valence-electron chi connectivity index (χ4n) is 3.26. The Morgan fingerprint density at radius 2 is 1.54 bits per heavy atom. The van der Waals surface area contributed by atoms with Gasteiger partial charge in [0, 0.05) is 11.8 Å². The minimum atomic E-state index is 0.249. The van der Waals surface area contributed by atoms with Gasteiger partial charge >= 0.3 is 0 Å². The highest BCUT2D eigenvalue weighted by molar-refractivity contribution is 5.88. The van der Waals surface area contributed by atoms with Crippen LogP contribution in [0.3, 0.4) is 0 Å². The van der Waals surface area contributed by atoms with Crippen molar-refractivity contribution in [2.24, 2.45) is 23.7 Å². The highest BCUT2D eigenvalue weighted by Gasteiger charge is 2.45. The fraction of sp³-hybridized carbons (Fsp3) is 0.583. The third-order valence-corrected chi connectivity index (χ3v) is 3.93. The average Bonchev–Trinajstić information content (AvgIpc) is 2.51. The van der Waals surface area contributed by atoms with E-state index in [0.717, 1.165) is 0 Å². The van der Waals surface area contributed by atoms with E-state index in [0.29, 0.717) is 17.6 Å². The molecule has 0 aromatic heterocycles. The van der Waals surface area contributed by atoms with Crippen LogP contribution in [0.15, 0.2) is 24.3 Å². The lowest BCUT2D eigenvalue weighted by Gasteiger charge is -2.29. The molecule has 4 unspecified atom stereocenters. The van der Waals surface area contributed by atoms with Crippen molar-refractivity contribution in [1.82, 2.24) is 0 Å². The molecule has 0 saturated heterocycles. The van der Waals surface area contributed by atoms with Crippen LogP contribution in [0.2, 0.25) is 0 Å². The van der Waals surface area contributed by atoms with E-state index in [4.69, 9.17) is 0 Å². The van der Waals surface area contributed by atoms with E-state index in [2.05, 4.69) is 24.3 Å². The van der Waals surface area contributed by atoms with Crippen LogP contribution in [0.1, 0.15) is 19.3 Å². The number of hydrogen-bond donors (Lipinski definition) is 0. The predicted octanol–water partition coefficient (Wildman–Crippen LogP) is 2.34. The van der Waals surface area contributed by atoms with Crippen molar-refractivity contribution in [3.05, 3.63) is 24.3 Å². The summed E-state index contributed by atoms with van der Waals surface area (Å²) in [6.07, 6.45) is 12.2. The van der Waals surface area contributed by atoms with Gasteiger partial charge in [-0.05, 0) is 31.1 Å². The molecule has 0 spiro atoms. The monoisotopic (exact) mass is 174 g/mol. The van der Waals surface area contributed by atoms with Crippen LogP contribution in [-0.4, -0.2) is 5.78 Å². The average molecular weight is 174 g/mol. The summed E-state index contributed by atoms with van der Waals surface area (Å²) in [5.41, 5.74) is 0. The maximum absolute atomic E-state index is 12.0. The lowest BCUT2D eigenvalue weighted by molar-refractivity contribution is -0.128. The van der Waals surface area contributed by atoms with E-state index in [-0.39, 0.29) is 11.8 Å². The second-order valence-electron chi connectivity index (χ2n) is 4.56. The molecule has 0 aromatic carbocycles. The third-order valence-electron chi connectivity index (χ3n) is 3.93. The van der Waals surface area contributed by atoms with Crippen LogP contribution < -0.4 is 0 Å². The molecule has 0 amide bonds. The molecule has 68 valence electrons. The largest absolute Gasteiger partial charge is 0.298 e. The second-order valence-corrected chi connectivity index (χ2v) is 4.56. The zero-order valence-electron chi connectivity index (χ0n) is 7.65. The molecule has 0 heterocycles. The van der Waals surface area contributed by atoms with Gasteiger partial charge in [0.05, 0.1) is 0 Å². The molecular weight excluding hydrogens is 160 g/mol. The summed E-state index contributed by atoms with van der Waals surface area (Å²) in [4.78, 5) is 12.0. The molecule has 2 saturated carbocycles. The first-order valence-corrected chi connectivity index (χ1v) is 5.25. The SMILES string of the molecule is O=C1C2C=CC=CC1C1CCC2C1. The van der Waals surface area contributed by atoms with Crippen molar-refractivity contribution in [2.45, 2.75) is 19.3 Å². The third kappa shape index (κ3) is 0.962. The number of fused-ring (bicyclic) bond motifs is 6. The predicted molar refractivity (Wildman–Crippen MR) is 51.1 cm³/mol. The molecule has 3 aliphatic carbocycles. The molecular formula is C12H14O. The summed E-state index contributed by atoms with van der Waals surface area (Å²) in [5, 5.41) is 0. The standard InChI is InChI=1S/C12H14O/c13-12-10-3-1-2-4-11(12)9-6-5-8(10)7-9/h1-4,8-11H,5-7H2. The number of rotatable bonds is 0. The first-order chi connectivity index (χ1) is 6.36. The lowest BCUT2D eigenvalue weighted by Crippen LogP contribution is -2.33. The van der Waals surface area contributed by atoms with Crippen molar-refractivity contribution in [3.63, 3.8) is 0 Å². The zero-order chi connectivity index (χ0) is 8.84. The van der Waals surface area contributed by atoms with Crippen molar-refractivity contribution < 1.29 is 4.79 Å². The van der Waals surface area contributed by atoms with Gasteiger partial charge in [0.2, 0.25) is 0 Å². The molecule has 3 rings (SSSR count). The molecule has 2 fully saturated rings. The maximum Gasteiger partial charge on any atom is 0.147 e. The second kappa shape index (κ2) is 2.57. The fourth-order valence-corrected chi connectivity index (χ4v) is 3.26. The number of carbonyl (C=O) groups is 1. The molecule has 0 N–H and O–H groups in total. The van der Waals surface area contributed by atoms with Gasteiger partial charge < -0.3 is 0 Å². The van der Waals surface area contributed by atoms with E-state index in [9.17, 15) is 4.79 Å². The Morgan fingerprint density at radius 3 is 2.08 bits per heavy atom. The first-order valence-electron chi connectivity index (χ1n) is 5.25. The first kappa shape index (κ1) is 7.54. The molecule has 0 aromatic rings. The van der Waals surface area contributed by atoms with Gasteiger partial charge in [-0.2, -0.15) is 0 Å². The number of hydrogen-bond acceptors (Lipinski definition) is 1. The molecule has 4 atom stereocenters. The normalized spacial score (nSPS) is 46.6. The molecule has 3 aliphatic rings. The van der Waals surface area contributed by atoms with Gasteiger partial charge in [0.25, 0.3) is 0 Å². The Hall–Kier alpha value is -0.850. The van der Waals surface area contributed by atoms with Crippen LogP contribution >= 0.6 is 0 Å². The topological polar surface area (TPSA) is 17.1 Å². The van der Waals surface area contributed by atoms with Crippen molar-refractivity contribution in [2.75, 3.05) is 0 Å². The minimum Gasteiger partial charge on any atom is -0.298 e. The van der Waals surface area contributed by atoms with Crippen LogP contribution in [0.5, 0.6) is 0 Å². The number of Topliss-reactive ketones (excluding diaryl/α,β-unsaturated/α-hetero) is 1. The van der Waals surface area contributed by atoms with Crippen LogP contribution in [0.4, 0.5) is 0 Å². The van der Waals surface area contributed by atoms with E-state index in [1.807, 2.05) is 0 Å². The molecule has 1 heteroatoms.